The largest absolute Gasteiger partial charge is 0.467 e. The monoisotopic (exact) mass is 468 g/mol. The minimum Gasteiger partial charge on any atom is -0.467 e. The summed E-state index contributed by atoms with van der Waals surface area (Å²) in [5.41, 5.74) is 14.2. The van der Waals surface area contributed by atoms with Gasteiger partial charge in [0.05, 0.1) is 5.69 Å². The summed E-state index contributed by atoms with van der Waals surface area (Å²) in [6, 6.07) is 4.10. The first-order chi connectivity index (χ1) is 12.9. The highest BCUT2D eigenvalue weighted by molar-refractivity contribution is 9.09. The van der Waals surface area contributed by atoms with Gasteiger partial charge in [0, 0.05) is 23.8 Å². The van der Waals surface area contributed by atoms with Crippen molar-refractivity contribution in [2.45, 2.75) is 55.1 Å². The molecule has 2 aromatic heterocycles. The molecule has 0 radical (unpaired) electrons. The summed E-state index contributed by atoms with van der Waals surface area (Å²) in [5.74, 6) is 1.60. The average Bonchev–Trinajstić information content (AvgIpc) is 3.11. The van der Waals surface area contributed by atoms with Crippen molar-refractivity contribution in [1.29, 1.82) is 0 Å². The Bertz CT molecular complexity index is 862. The highest BCUT2D eigenvalue weighted by Gasteiger charge is 2.57. The summed E-state index contributed by atoms with van der Waals surface area (Å²) in [5, 5.41) is 2.26. The molecular weight excluding hydrogens is 448 g/mol. The van der Waals surface area contributed by atoms with E-state index in [2.05, 4.69) is 32.0 Å². The molecule has 3 fully saturated rings. The van der Waals surface area contributed by atoms with Crippen LogP contribution in [0.2, 0.25) is 5.28 Å². The smallest absolute Gasteiger partial charge is 0.223 e. The number of aromatic nitrogens is 2. The topological polar surface area (TPSA) is 87.0 Å². The summed E-state index contributed by atoms with van der Waals surface area (Å²) in [6.45, 7) is 0. The Morgan fingerprint density at radius 3 is 2.74 bits per heavy atom. The number of nitrogens with two attached hydrogens (primary N) is 2. The molecule has 3 atom stereocenters. The molecule has 6 rings (SSSR count). The quantitative estimate of drug-likeness (QED) is 0.490. The van der Waals surface area contributed by atoms with Gasteiger partial charge in [0.1, 0.15) is 10.5 Å². The maximum atomic E-state index is 6.68. The van der Waals surface area contributed by atoms with Gasteiger partial charge in [-0.1, -0.05) is 22.0 Å². The maximum Gasteiger partial charge on any atom is 0.223 e. The minimum absolute atomic E-state index is 0.00906. The first-order valence-corrected chi connectivity index (χ1v) is 11.5. The van der Waals surface area contributed by atoms with Crippen molar-refractivity contribution in [2.75, 3.05) is 0 Å². The van der Waals surface area contributed by atoms with Gasteiger partial charge in [-0.2, -0.15) is 0 Å². The van der Waals surface area contributed by atoms with E-state index >= 15 is 0 Å². The van der Waals surface area contributed by atoms with E-state index in [-0.39, 0.29) is 16.2 Å². The van der Waals surface area contributed by atoms with Crippen molar-refractivity contribution in [2.24, 2.45) is 22.8 Å². The van der Waals surface area contributed by atoms with Gasteiger partial charge in [0.2, 0.25) is 5.28 Å². The van der Waals surface area contributed by atoms with Crippen LogP contribution in [-0.2, 0) is 6.42 Å². The molecule has 4 N–H and O–H groups in total. The predicted molar refractivity (Wildman–Crippen MR) is 110 cm³/mol. The lowest BCUT2D eigenvalue weighted by Crippen LogP contribution is -2.56. The zero-order valence-corrected chi connectivity index (χ0v) is 18.0. The molecule has 2 unspecified atom stereocenters. The Morgan fingerprint density at radius 1 is 1.33 bits per heavy atom. The van der Waals surface area contributed by atoms with E-state index in [0.717, 1.165) is 23.7 Å². The Balaban J connectivity index is 1.37. The van der Waals surface area contributed by atoms with Gasteiger partial charge in [-0.15, -0.1) is 11.3 Å². The van der Waals surface area contributed by atoms with Crippen LogP contribution >= 0.6 is 38.9 Å². The molecule has 2 bridgehead atoms. The van der Waals surface area contributed by atoms with Crippen molar-refractivity contribution in [1.82, 2.24) is 9.97 Å². The lowest BCUT2D eigenvalue weighted by atomic mass is 9.43. The highest BCUT2D eigenvalue weighted by Crippen LogP contribution is 2.66. The molecule has 0 saturated heterocycles. The third kappa shape index (κ3) is 3.12. The zero-order chi connectivity index (χ0) is 18.8. The van der Waals surface area contributed by atoms with E-state index < -0.39 is 5.72 Å². The number of nitrogens with zero attached hydrogens (tertiary/aromatic N) is 2. The van der Waals surface area contributed by atoms with Crippen LogP contribution < -0.4 is 16.2 Å². The summed E-state index contributed by atoms with van der Waals surface area (Å²) < 4.78 is 6.26. The van der Waals surface area contributed by atoms with Gasteiger partial charge in [-0.25, -0.2) is 9.97 Å². The molecule has 8 heteroatoms. The van der Waals surface area contributed by atoms with Crippen molar-refractivity contribution in [3.8, 4) is 5.75 Å². The van der Waals surface area contributed by atoms with Gasteiger partial charge in [-0.3, -0.25) is 5.73 Å². The fourth-order valence-corrected chi connectivity index (χ4v) is 6.52. The second-order valence-corrected chi connectivity index (χ2v) is 10.8. The Labute approximate surface area is 176 Å². The van der Waals surface area contributed by atoms with Crippen LogP contribution in [0.15, 0.2) is 17.5 Å². The molecule has 144 valence electrons. The predicted octanol–water partition coefficient (Wildman–Crippen LogP) is 4.17. The molecule has 3 saturated carbocycles. The number of thiophene rings is 1. The van der Waals surface area contributed by atoms with Crippen LogP contribution in [0.3, 0.4) is 0 Å². The van der Waals surface area contributed by atoms with Gasteiger partial charge < -0.3 is 10.5 Å². The Hall–Kier alpha value is -0.730. The summed E-state index contributed by atoms with van der Waals surface area (Å²) in [4.78, 5) is 9.75. The SMILES string of the molecule is N[C@@H](CC12CC(C1)C2)CC1(N)Oc2c(Cc3cccs3)nc(Cl)nc2C1Br. The van der Waals surface area contributed by atoms with Gasteiger partial charge in [-0.05, 0) is 60.1 Å². The lowest BCUT2D eigenvalue weighted by Gasteiger charge is -2.63. The van der Waals surface area contributed by atoms with Crippen molar-refractivity contribution in [3.63, 3.8) is 0 Å². The second kappa shape index (κ2) is 6.39. The van der Waals surface area contributed by atoms with Crippen LogP contribution in [0.4, 0.5) is 0 Å². The molecule has 0 aromatic carbocycles. The van der Waals surface area contributed by atoms with Crippen LogP contribution in [0, 0.1) is 11.3 Å². The molecule has 3 heterocycles. The standard InChI is InChI=1S/C19H22BrClN4OS/c20-16-14-15(13(24-17(21)25-14)4-12-2-1-3-27-12)26-19(16,23)9-11(22)8-18-5-10(6-18)7-18/h1-3,10-11,16H,4-9,22-23H2/t10?,11-,16?,18?,19?/m0/s1. The third-order valence-corrected chi connectivity index (χ3v) is 8.51. The molecule has 0 amide bonds. The molecule has 1 aliphatic heterocycles. The maximum absolute atomic E-state index is 6.68. The molecule has 0 spiro atoms. The summed E-state index contributed by atoms with van der Waals surface area (Å²) in [7, 11) is 0. The van der Waals surface area contributed by atoms with E-state index in [1.807, 2.05) is 11.4 Å². The molecular formula is C19H22BrClN4OS. The van der Waals surface area contributed by atoms with Crippen LogP contribution in [-0.4, -0.2) is 21.7 Å². The zero-order valence-electron chi connectivity index (χ0n) is 14.8. The number of rotatable bonds is 6. The fourth-order valence-electron chi connectivity index (χ4n) is 5.03. The Morgan fingerprint density at radius 2 is 2.11 bits per heavy atom. The van der Waals surface area contributed by atoms with Crippen LogP contribution in [0.1, 0.15) is 53.2 Å². The number of ether oxygens (including phenoxy) is 1. The van der Waals surface area contributed by atoms with Crippen molar-refractivity contribution >= 4 is 38.9 Å². The first kappa shape index (κ1) is 18.3. The van der Waals surface area contributed by atoms with E-state index in [1.54, 1.807) is 11.3 Å². The van der Waals surface area contributed by atoms with Gasteiger partial charge in [0.15, 0.2) is 11.5 Å². The number of hydrogen-bond acceptors (Lipinski definition) is 6. The fraction of sp³-hybridized carbons (Fsp3) is 0.579. The van der Waals surface area contributed by atoms with Gasteiger partial charge >= 0.3 is 0 Å². The van der Waals surface area contributed by atoms with E-state index in [9.17, 15) is 0 Å². The van der Waals surface area contributed by atoms with E-state index in [4.69, 9.17) is 27.8 Å². The number of hydrogen-bond donors (Lipinski definition) is 2. The summed E-state index contributed by atoms with van der Waals surface area (Å²) >= 11 is 11.6. The van der Waals surface area contributed by atoms with Crippen LogP contribution in [0.25, 0.3) is 0 Å². The highest BCUT2D eigenvalue weighted by atomic mass is 79.9. The number of fused-ring (bicyclic) bond motifs is 1. The normalized spacial score (nSPS) is 34.4. The van der Waals surface area contributed by atoms with Crippen molar-refractivity contribution < 1.29 is 4.74 Å². The summed E-state index contributed by atoms with van der Waals surface area (Å²) in [6.07, 6.45) is 6.25. The third-order valence-electron chi connectivity index (χ3n) is 6.26. The molecule has 2 aromatic rings. The number of alkyl halides is 1. The second-order valence-electron chi connectivity index (χ2n) is 8.48. The van der Waals surface area contributed by atoms with Crippen LogP contribution in [0.5, 0.6) is 5.75 Å². The van der Waals surface area contributed by atoms with Gasteiger partial charge in [0.25, 0.3) is 0 Å². The minimum atomic E-state index is -0.936. The first-order valence-electron chi connectivity index (χ1n) is 9.32. The van der Waals surface area contributed by atoms with E-state index in [0.29, 0.717) is 24.0 Å². The van der Waals surface area contributed by atoms with Crippen molar-refractivity contribution in [3.05, 3.63) is 39.1 Å². The number of halogens is 2. The average molecular weight is 470 g/mol. The molecule has 27 heavy (non-hydrogen) atoms. The molecule has 5 nitrogen and oxygen atoms in total. The lowest BCUT2D eigenvalue weighted by molar-refractivity contribution is -0.118. The van der Waals surface area contributed by atoms with E-state index in [1.165, 1.54) is 24.1 Å². The molecule has 3 aliphatic carbocycles. The Kier molecular flexibility index (Phi) is 4.33. The molecule has 4 aliphatic rings.